The number of carbonyl (C=O) groups is 1. The van der Waals surface area contributed by atoms with E-state index in [0.717, 1.165) is 32.2 Å². The fourth-order valence-corrected chi connectivity index (χ4v) is 2.43. The minimum Gasteiger partial charge on any atom is -0.366 e. The van der Waals surface area contributed by atoms with E-state index in [-0.39, 0.29) is 10.6 Å². The van der Waals surface area contributed by atoms with Gasteiger partial charge in [-0.2, -0.15) is 0 Å². The van der Waals surface area contributed by atoms with Crippen molar-refractivity contribution in [3.63, 3.8) is 0 Å². The van der Waals surface area contributed by atoms with E-state index in [1.807, 2.05) is 4.90 Å². The molecule has 0 amide bonds. The molecule has 0 aromatic heterocycles. The number of hydrogen-bond donors (Lipinski definition) is 0. The maximum absolute atomic E-state index is 11.0. The average Bonchev–Trinajstić information content (AvgIpc) is 2.38. The van der Waals surface area contributed by atoms with E-state index in [9.17, 15) is 14.9 Å². The van der Waals surface area contributed by atoms with Gasteiger partial charge in [0.2, 0.25) is 0 Å². The van der Waals surface area contributed by atoms with Gasteiger partial charge in [0.05, 0.1) is 4.92 Å². The molecule has 18 heavy (non-hydrogen) atoms. The Balaban J connectivity index is 2.39. The molecule has 0 unspecified atom stereocenters. The molecule has 1 heterocycles. The number of benzene rings is 1. The zero-order valence-corrected chi connectivity index (χ0v) is 10.3. The van der Waals surface area contributed by atoms with Crippen molar-refractivity contribution in [2.24, 2.45) is 5.92 Å². The van der Waals surface area contributed by atoms with Crippen molar-refractivity contribution in [2.75, 3.05) is 18.0 Å². The molecule has 5 heteroatoms. The molecule has 0 bridgehead atoms. The van der Waals surface area contributed by atoms with Gasteiger partial charge >= 0.3 is 0 Å². The zero-order chi connectivity index (χ0) is 13.1. The van der Waals surface area contributed by atoms with E-state index in [1.54, 1.807) is 6.07 Å². The standard InChI is InChI=1S/C13H16N2O3/c1-10-3-2-6-14(8-10)13-7-11(9-16)4-5-12(13)15(17)18/h4-5,7,9-10H,2-3,6,8H2,1H3/t10-/m0/s1. The number of piperidine rings is 1. The lowest BCUT2D eigenvalue weighted by Crippen LogP contribution is -2.34. The fourth-order valence-electron chi connectivity index (χ4n) is 2.43. The largest absolute Gasteiger partial charge is 0.366 e. The van der Waals surface area contributed by atoms with Crippen LogP contribution in [-0.2, 0) is 0 Å². The van der Waals surface area contributed by atoms with Crippen LogP contribution in [0.25, 0.3) is 0 Å². The van der Waals surface area contributed by atoms with Gasteiger partial charge in [0, 0.05) is 24.7 Å². The highest BCUT2D eigenvalue weighted by Gasteiger charge is 2.23. The maximum Gasteiger partial charge on any atom is 0.292 e. The summed E-state index contributed by atoms with van der Waals surface area (Å²) < 4.78 is 0. The molecule has 0 radical (unpaired) electrons. The van der Waals surface area contributed by atoms with Crippen molar-refractivity contribution in [3.05, 3.63) is 33.9 Å². The van der Waals surface area contributed by atoms with Crippen molar-refractivity contribution in [3.8, 4) is 0 Å². The van der Waals surface area contributed by atoms with Gasteiger partial charge in [-0.1, -0.05) is 6.92 Å². The van der Waals surface area contributed by atoms with Gasteiger partial charge in [0.1, 0.15) is 12.0 Å². The molecule has 96 valence electrons. The van der Waals surface area contributed by atoms with Gasteiger partial charge in [-0.15, -0.1) is 0 Å². The summed E-state index contributed by atoms with van der Waals surface area (Å²) in [6.07, 6.45) is 2.90. The van der Waals surface area contributed by atoms with E-state index in [1.165, 1.54) is 12.1 Å². The predicted molar refractivity (Wildman–Crippen MR) is 69.1 cm³/mol. The number of nitro benzene ring substituents is 1. The van der Waals surface area contributed by atoms with E-state index in [2.05, 4.69) is 6.92 Å². The maximum atomic E-state index is 11.0. The molecule has 1 aromatic rings. The van der Waals surface area contributed by atoms with Crippen LogP contribution in [-0.4, -0.2) is 24.3 Å². The first-order valence-electron chi connectivity index (χ1n) is 6.10. The summed E-state index contributed by atoms with van der Waals surface area (Å²) >= 11 is 0. The Morgan fingerprint density at radius 2 is 2.28 bits per heavy atom. The van der Waals surface area contributed by atoms with E-state index >= 15 is 0 Å². The first-order valence-corrected chi connectivity index (χ1v) is 6.10. The van der Waals surface area contributed by atoms with Gasteiger partial charge in [-0.3, -0.25) is 14.9 Å². The Morgan fingerprint density at radius 3 is 2.89 bits per heavy atom. The molecule has 5 nitrogen and oxygen atoms in total. The fraction of sp³-hybridized carbons (Fsp3) is 0.462. The summed E-state index contributed by atoms with van der Waals surface area (Å²) in [7, 11) is 0. The molecule has 1 aliphatic rings. The van der Waals surface area contributed by atoms with Gasteiger partial charge in [0.25, 0.3) is 5.69 Å². The highest BCUT2D eigenvalue weighted by Crippen LogP contribution is 2.32. The Morgan fingerprint density at radius 1 is 1.50 bits per heavy atom. The smallest absolute Gasteiger partial charge is 0.292 e. The third-order valence-electron chi connectivity index (χ3n) is 3.33. The molecule has 0 saturated carbocycles. The van der Waals surface area contributed by atoms with Crippen LogP contribution in [0.4, 0.5) is 11.4 Å². The summed E-state index contributed by atoms with van der Waals surface area (Å²) in [6.45, 7) is 3.76. The predicted octanol–water partition coefficient (Wildman–Crippen LogP) is 2.64. The normalized spacial score (nSPS) is 19.6. The van der Waals surface area contributed by atoms with Crippen molar-refractivity contribution in [1.29, 1.82) is 0 Å². The van der Waals surface area contributed by atoms with Crippen LogP contribution in [0.15, 0.2) is 18.2 Å². The average molecular weight is 248 g/mol. The van der Waals surface area contributed by atoms with E-state index in [4.69, 9.17) is 0 Å². The van der Waals surface area contributed by atoms with Gasteiger partial charge in [-0.25, -0.2) is 0 Å². The van der Waals surface area contributed by atoms with Crippen LogP contribution >= 0.6 is 0 Å². The second-order valence-electron chi connectivity index (χ2n) is 4.82. The molecule has 0 spiro atoms. The van der Waals surface area contributed by atoms with Crippen LogP contribution in [0.2, 0.25) is 0 Å². The van der Waals surface area contributed by atoms with Gasteiger partial charge in [-0.05, 0) is 30.9 Å². The molecular weight excluding hydrogens is 232 g/mol. The number of rotatable bonds is 3. The number of hydrogen-bond acceptors (Lipinski definition) is 4. The zero-order valence-electron chi connectivity index (χ0n) is 10.3. The second-order valence-corrected chi connectivity index (χ2v) is 4.82. The molecule has 1 aliphatic heterocycles. The van der Waals surface area contributed by atoms with Crippen molar-refractivity contribution >= 4 is 17.7 Å². The number of aldehydes is 1. The lowest BCUT2D eigenvalue weighted by Gasteiger charge is -2.32. The van der Waals surface area contributed by atoms with Gasteiger partial charge in [0.15, 0.2) is 0 Å². The van der Waals surface area contributed by atoms with E-state index < -0.39 is 0 Å². The molecule has 0 N–H and O–H groups in total. The molecule has 0 aliphatic carbocycles. The van der Waals surface area contributed by atoms with Crippen LogP contribution in [0.3, 0.4) is 0 Å². The monoisotopic (exact) mass is 248 g/mol. The molecular formula is C13H16N2O3. The first kappa shape index (κ1) is 12.5. The minimum absolute atomic E-state index is 0.0784. The number of anilines is 1. The third-order valence-corrected chi connectivity index (χ3v) is 3.33. The SMILES string of the molecule is C[C@H]1CCCN(c2cc(C=O)ccc2[N+](=O)[O-])C1. The Hall–Kier alpha value is -1.91. The first-order chi connectivity index (χ1) is 8.61. The second kappa shape index (κ2) is 5.16. The van der Waals surface area contributed by atoms with Crippen LogP contribution in [0.5, 0.6) is 0 Å². The van der Waals surface area contributed by atoms with Crippen molar-refractivity contribution < 1.29 is 9.72 Å². The highest BCUT2D eigenvalue weighted by molar-refractivity contribution is 5.80. The molecule has 2 rings (SSSR count). The lowest BCUT2D eigenvalue weighted by atomic mass is 9.99. The number of nitro groups is 1. The highest BCUT2D eigenvalue weighted by atomic mass is 16.6. The van der Waals surface area contributed by atoms with E-state index in [0.29, 0.717) is 17.2 Å². The Bertz CT molecular complexity index is 473. The summed E-state index contributed by atoms with van der Waals surface area (Å²) in [5.74, 6) is 0.526. The quantitative estimate of drug-likeness (QED) is 0.468. The Kier molecular flexibility index (Phi) is 3.60. The molecule has 1 saturated heterocycles. The number of nitrogens with zero attached hydrogens (tertiary/aromatic N) is 2. The minimum atomic E-state index is -0.386. The van der Waals surface area contributed by atoms with Crippen molar-refractivity contribution in [2.45, 2.75) is 19.8 Å². The lowest BCUT2D eigenvalue weighted by molar-refractivity contribution is -0.384. The summed E-state index contributed by atoms with van der Waals surface area (Å²) in [4.78, 5) is 23.5. The topological polar surface area (TPSA) is 63.5 Å². The van der Waals surface area contributed by atoms with Crippen LogP contribution in [0.1, 0.15) is 30.1 Å². The van der Waals surface area contributed by atoms with Crippen LogP contribution in [0, 0.1) is 16.0 Å². The summed E-state index contributed by atoms with van der Waals surface area (Å²) in [5.41, 5.74) is 1.12. The summed E-state index contributed by atoms with van der Waals surface area (Å²) in [5, 5.41) is 11.0. The van der Waals surface area contributed by atoms with Gasteiger partial charge < -0.3 is 4.90 Å². The molecule has 1 fully saturated rings. The molecule has 1 aromatic carbocycles. The van der Waals surface area contributed by atoms with Crippen molar-refractivity contribution in [1.82, 2.24) is 0 Å². The molecule has 1 atom stereocenters. The summed E-state index contributed by atoms with van der Waals surface area (Å²) in [6, 6.07) is 4.52. The Labute approximate surface area is 106 Å². The van der Waals surface area contributed by atoms with Crippen LogP contribution < -0.4 is 4.90 Å². The number of carbonyl (C=O) groups excluding carboxylic acids is 1. The third kappa shape index (κ3) is 2.50.